The number of furan rings is 1. The van der Waals surface area contributed by atoms with Crippen molar-refractivity contribution in [2.75, 3.05) is 13.2 Å². The van der Waals surface area contributed by atoms with Crippen LogP contribution in [0.3, 0.4) is 0 Å². The van der Waals surface area contributed by atoms with Crippen molar-refractivity contribution in [3.8, 4) is 11.5 Å². The van der Waals surface area contributed by atoms with Gasteiger partial charge in [-0.1, -0.05) is 5.16 Å². The van der Waals surface area contributed by atoms with E-state index >= 15 is 0 Å². The van der Waals surface area contributed by atoms with Crippen LogP contribution in [0.1, 0.15) is 29.8 Å². The molecule has 2 heterocycles. The SMILES string of the molecule is O=C(c1cc(-c2ccco2)on1)N(CCO)C1CCC1. The first kappa shape index (κ1) is 12.9. The van der Waals surface area contributed by atoms with Gasteiger partial charge < -0.3 is 18.9 Å². The molecule has 3 rings (SSSR count). The Morgan fingerprint density at radius 1 is 1.45 bits per heavy atom. The van der Waals surface area contributed by atoms with E-state index in [2.05, 4.69) is 5.16 Å². The highest BCUT2D eigenvalue weighted by molar-refractivity contribution is 5.93. The first-order valence-corrected chi connectivity index (χ1v) is 6.72. The van der Waals surface area contributed by atoms with Gasteiger partial charge in [0.25, 0.3) is 5.91 Å². The lowest BCUT2D eigenvalue weighted by molar-refractivity contribution is 0.0516. The largest absolute Gasteiger partial charge is 0.461 e. The van der Waals surface area contributed by atoms with E-state index in [0.29, 0.717) is 18.1 Å². The van der Waals surface area contributed by atoms with Gasteiger partial charge in [-0.25, -0.2) is 0 Å². The molecule has 0 unspecified atom stereocenters. The summed E-state index contributed by atoms with van der Waals surface area (Å²) in [4.78, 5) is 14.1. The standard InChI is InChI=1S/C14H16N2O4/c17-7-6-16(10-3-1-4-10)14(18)11-9-13(20-15-11)12-5-2-8-19-12/h2,5,8-10,17H,1,3-4,6-7H2. The van der Waals surface area contributed by atoms with Gasteiger partial charge >= 0.3 is 0 Å². The Labute approximate surface area is 116 Å². The van der Waals surface area contributed by atoms with Crippen LogP contribution < -0.4 is 0 Å². The zero-order valence-corrected chi connectivity index (χ0v) is 11.0. The Balaban J connectivity index is 1.78. The summed E-state index contributed by atoms with van der Waals surface area (Å²) in [5.41, 5.74) is 0.247. The van der Waals surface area contributed by atoms with Crippen LogP contribution in [0.25, 0.3) is 11.5 Å². The second-order valence-corrected chi connectivity index (χ2v) is 4.86. The number of carbonyl (C=O) groups is 1. The predicted octanol–water partition coefficient (Wildman–Crippen LogP) is 1.92. The van der Waals surface area contributed by atoms with Gasteiger partial charge in [0.2, 0.25) is 5.76 Å². The monoisotopic (exact) mass is 276 g/mol. The van der Waals surface area contributed by atoms with Gasteiger partial charge in [-0.15, -0.1) is 0 Å². The third-order valence-corrected chi connectivity index (χ3v) is 3.61. The van der Waals surface area contributed by atoms with Gasteiger partial charge in [0, 0.05) is 18.7 Å². The summed E-state index contributed by atoms with van der Waals surface area (Å²) >= 11 is 0. The molecule has 0 aliphatic heterocycles. The fourth-order valence-electron chi connectivity index (χ4n) is 2.31. The van der Waals surface area contributed by atoms with Gasteiger partial charge in [-0.05, 0) is 31.4 Å². The Bertz CT molecular complexity index is 572. The van der Waals surface area contributed by atoms with Crippen molar-refractivity contribution in [2.45, 2.75) is 25.3 Å². The van der Waals surface area contributed by atoms with Gasteiger partial charge in [0.15, 0.2) is 11.5 Å². The predicted molar refractivity (Wildman–Crippen MR) is 70.0 cm³/mol. The van der Waals surface area contributed by atoms with Crippen LogP contribution in [0.15, 0.2) is 33.4 Å². The molecule has 1 aliphatic carbocycles. The number of aliphatic hydroxyl groups excluding tert-OH is 1. The number of carbonyl (C=O) groups excluding carboxylic acids is 1. The van der Waals surface area contributed by atoms with Crippen molar-refractivity contribution < 1.29 is 18.8 Å². The van der Waals surface area contributed by atoms with Gasteiger partial charge in [0.1, 0.15) is 0 Å². The normalized spacial score (nSPS) is 15.1. The van der Waals surface area contributed by atoms with Crippen LogP contribution in [0.5, 0.6) is 0 Å². The molecule has 1 aliphatic rings. The topological polar surface area (TPSA) is 79.7 Å². The third-order valence-electron chi connectivity index (χ3n) is 3.61. The zero-order chi connectivity index (χ0) is 13.9. The smallest absolute Gasteiger partial charge is 0.276 e. The lowest BCUT2D eigenvalue weighted by Gasteiger charge is -2.36. The molecule has 2 aromatic rings. The summed E-state index contributed by atoms with van der Waals surface area (Å²) < 4.78 is 10.3. The van der Waals surface area contributed by atoms with Gasteiger partial charge in [0.05, 0.1) is 12.9 Å². The van der Waals surface area contributed by atoms with Crippen molar-refractivity contribution in [1.29, 1.82) is 0 Å². The van der Waals surface area contributed by atoms with E-state index in [-0.39, 0.29) is 24.2 Å². The van der Waals surface area contributed by atoms with Crippen molar-refractivity contribution in [1.82, 2.24) is 10.1 Å². The van der Waals surface area contributed by atoms with Crippen LogP contribution >= 0.6 is 0 Å². The molecule has 1 fully saturated rings. The molecule has 0 spiro atoms. The summed E-state index contributed by atoms with van der Waals surface area (Å²) in [6.07, 6.45) is 4.62. The molecule has 6 nitrogen and oxygen atoms in total. The molecular weight excluding hydrogens is 260 g/mol. The Morgan fingerprint density at radius 2 is 2.30 bits per heavy atom. The maximum Gasteiger partial charge on any atom is 0.276 e. The van der Waals surface area contributed by atoms with E-state index in [1.807, 2.05) is 0 Å². The van der Waals surface area contributed by atoms with Gasteiger partial charge in [-0.3, -0.25) is 4.79 Å². The molecule has 1 N–H and O–H groups in total. The van der Waals surface area contributed by atoms with E-state index in [9.17, 15) is 4.79 Å². The average molecular weight is 276 g/mol. The summed E-state index contributed by atoms with van der Waals surface area (Å²) in [5.74, 6) is 0.759. The van der Waals surface area contributed by atoms with E-state index in [0.717, 1.165) is 19.3 Å². The zero-order valence-electron chi connectivity index (χ0n) is 11.0. The van der Waals surface area contributed by atoms with Gasteiger partial charge in [-0.2, -0.15) is 0 Å². The minimum Gasteiger partial charge on any atom is -0.461 e. The van der Waals surface area contributed by atoms with Crippen LogP contribution in [0, 0.1) is 0 Å². The molecular formula is C14H16N2O4. The molecule has 106 valence electrons. The fraction of sp³-hybridized carbons (Fsp3) is 0.429. The van der Waals surface area contributed by atoms with E-state index in [4.69, 9.17) is 14.0 Å². The Kier molecular flexibility index (Phi) is 3.56. The Morgan fingerprint density at radius 3 is 2.90 bits per heavy atom. The lowest BCUT2D eigenvalue weighted by atomic mass is 9.91. The Hall–Kier alpha value is -2.08. The van der Waals surface area contributed by atoms with Crippen molar-refractivity contribution in [3.63, 3.8) is 0 Å². The molecule has 1 amide bonds. The first-order valence-electron chi connectivity index (χ1n) is 6.72. The molecule has 0 radical (unpaired) electrons. The van der Waals surface area contributed by atoms with Crippen LogP contribution in [0.2, 0.25) is 0 Å². The first-order chi connectivity index (χ1) is 9.79. The minimum absolute atomic E-state index is 0.0505. The van der Waals surface area contributed by atoms with E-state index in [1.165, 1.54) is 6.26 Å². The summed E-state index contributed by atoms with van der Waals surface area (Å²) in [5, 5.41) is 12.9. The maximum atomic E-state index is 12.4. The van der Waals surface area contributed by atoms with Crippen LogP contribution in [-0.4, -0.2) is 40.3 Å². The van der Waals surface area contributed by atoms with E-state index in [1.54, 1.807) is 23.1 Å². The molecule has 0 atom stereocenters. The molecule has 0 aromatic carbocycles. The van der Waals surface area contributed by atoms with Crippen molar-refractivity contribution >= 4 is 5.91 Å². The van der Waals surface area contributed by atoms with Crippen molar-refractivity contribution in [3.05, 3.63) is 30.2 Å². The molecule has 2 aromatic heterocycles. The summed E-state index contributed by atoms with van der Waals surface area (Å²) in [7, 11) is 0. The molecule has 0 bridgehead atoms. The average Bonchev–Trinajstić information content (AvgIpc) is 3.05. The lowest BCUT2D eigenvalue weighted by Crippen LogP contribution is -2.45. The molecule has 0 saturated heterocycles. The second kappa shape index (κ2) is 5.50. The van der Waals surface area contributed by atoms with Crippen LogP contribution in [0.4, 0.5) is 0 Å². The summed E-state index contributed by atoms with van der Waals surface area (Å²) in [6.45, 7) is 0.275. The highest BCUT2D eigenvalue weighted by atomic mass is 16.5. The third kappa shape index (κ3) is 2.34. The van der Waals surface area contributed by atoms with E-state index < -0.39 is 0 Å². The molecule has 20 heavy (non-hydrogen) atoms. The summed E-state index contributed by atoms with van der Waals surface area (Å²) in [6, 6.07) is 5.26. The highest BCUT2D eigenvalue weighted by Crippen LogP contribution is 2.27. The maximum absolute atomic E-state index is 12.4. The number of hydrogen-bond donors (Lipinski definition) is 1. The number of nitrogens with zero attached hydrogens (tertiary/aromatic N) is 2. The molecule has 6 heteroatoms. The number of aliphatic hydroxyl groups is 1. The van der Waals surface area contributed by atoms with Crippen LogP contribution in [-0.2, 0) is 0 Å². The van der Waals surface area contributed by atoms with Crippen molar-refractivity contribution in [2.24, 2.45) is 0 Å². The number of rotatable bonds is 5. The number of hydrogen-bond acceptors (Lipinski definition) is 5. The fourth-order valence-corrected chi connectivity index (χ4v) is 2.31. The highest BCUT2D eigenvalue weighted by Gasteiger charge is 2.30. The second-order valence-electron chi connectivity index (χ2n) is 4.86. The molecule has 1 saturated carbocycles. The number of amides is 1. The minimum atomic E-state index is -0.203. The number of aromatic nitrogens is 1. The quantitative estimate of drug-likeness (QED) is 0.902.